The van der Waals surface area contributed by atoms with Crippen molar-refractivity contribution in [1.29, 1.82) is 0 Å². The summed E-state index contributed by atoms with van der Waals surface area (Å²) in [5, 5.41) is 3.62. The van der Waals surface area contributed by atoms with E-state index >= 15 is 0 Å². The maximum atomic E-state index is 11.6. The Bertz CT molecular complexity index is 1210. The first-order valence-electron chi connectivity index (χ1n) is 10.0. The molecule has 0 saturated carbocycles. The summed E-state index contributed by atoms with van der Waals surface area (Å²) in [5.41, 5.74) is 2.81. The predicted octanol–water partition coefficient (Wildman–Crippen LogP) is 5.90. The van der Waals surface area contributed by atoms with Gasteiger partial charge < -0.3 is 9.26 Å². The van der Waals surface area contributed by atoms with Gasteiger partial charge in [0.1, 0.15) is 11.5 Å². The second kappa shape index (κ2) is 8.01. The number of hydrogen-bond acceptors (Lipinski definition) is 4. The van der Waals surface area contributed by atoms with Gasteiger partial charge in [0, 0.05) is 23.7 Å². The first-order chi connectivity index (χ1) is 14.7. The first-order valence-corrected chi connectivity index (χ1v) is 10.4. The minimum Gasteiger partial charge on any atom is -0.457 e. The van der Waals surface area contributed by atoms with Crippen LogP contribution in [0.5, 0.6) is 11.5 Å². The molecule has 1 aliphatic heterocycles. The first kappa shape index (κ1) is 19.0. The smallest absolute Gasteiger partial charge is 0.287 e. The Balaban J connectivity index is 1.27. The lowest BCUT2D eigenvalue weighted by Gasteiger charge is -2.25. The highest BCUT2D eigenvalue weighted by Gasteiger charge is 2.25. The van der Waals surface area contributed by atoms with Crippen LogP contribution in [-0.4, -0.2) is 16.6 Å². The highest BCUT2D eigenvalue weighted by Crippen LogP contribution is 2.34. The second-order valence-corrected chi connectivity index (χ2v) is 8.05. The number of aromatic amines is 1. The van der Waals surface area contributed by atoms with E-state index in [0.29, 0.717) is 22.8 Å². The number of rotatable bonds is 5. The molecular weight excluding hydrogens is 400 g/mol. The van der Waals surface area contributed by atoms with Gasteiger partial charge in [-0.15, -0.1) is 0 Å². The van der Waals surface area contributed by atoms with E-state index in [1.807, 2.05) is 24.3 Å². The fraction of sp³-hybridized carbons (Fsp3) is 0.208. The summed E-state index contributed by atoms with van der Waals surface area (Å²) in [4.78, 5) is 14.1. The summed E-state index contributed by atoms with van der Waals surface area (Å²) in [7, 11) is 0. The molecule has 0 bridgehead atoms. The van der Waals surface area contributed by atoms with Crippen molar-refractivity contribution in [1.82, 2.24) is 10.1 Å². The quantitative estimate of drug-likeness (QED) is 0.436. The average molecular weight is 421 g/mol. The Morgan fingerprint density at radius 3 is 2.60 bits per heavy atom. The summed E-state index contributed by atoms with van der Waals surface area (Å²) < 4.78 is 11.1. The van der Waals surface area contributed by atoms with E-state index < -0.39 is 0 Å². The number of halogens is 1. The minimum atomic E-state index is -0.236. The second-order valence-electron chi connectivity index (χ2n) is 7.62. The normalized spacial score (nSPS) is 16.9. The molecule has 1 aromatic heterocycles. The monoisotopic (exact) mass is 420 g/mol. The van der Waals surface area contributed by atoms with Crippen LogP contribution in [0.1, 0.15) is 30.0 Å². The largest absolute Gasteiger partial charge is 0.457 e. The standard InChI is InChI=1S/C24H21ClN2O3/c25-18-7-5-17(6-8-18)22-2-1-13-27(22)15-16-3-9-19(10-4-16)29-20-11-12-21-23(14-20)30-26-24(21)28/h3-12,14,22H,1-2,13,15H2,(H,26,28). The lowest BCUT2D eigenvalue weighted by Crippen LogP contribution is -2.22. The van der Waals surface area contributed by atoms with Gasteiger partial charge in [0.25, 0.3) is 5.56 Å². The van der Waals surface area contributed by atoms with Gasteiger partial charge in [-0.3, -0.25) is 9.69 Å². The molecule has 0 aliphatic carbocycles. The van der Waals surface area contributed by atoms with Gasteiger partial charge in [-0.2, -0.15) is 5.16 Å². The Hall–Kier alpha value is -3.02. The molecule has 0 spiro atoms. The Kier molecular flexibility index (Phi) is 5.07. The lowest BCUT2D eigenvalue weighted by molar-refractivity contribution is 0.248. The van der Waals surface area contributed by atoms with Crippen LogP contribution in [-0.2, 0) is 6.54 Å². The van der Waals surface area contributed by atoms with E-state index in [-0.39, 0.29) is 5.56 Å². The highest BCUT2D eigenvalue weighted by molar-refractivity contribution is 6.30. The molecule has 0 amide bonds. The van der Waals surface area contributed by atoms with E-state index in [9.17, 15) is 4.79 Å². The minimum absolute atomic E-state index is 0.236. The average Bonchev–Trinajstić information content (AvgIpc) is 3.37. The molecule has 5 rings (SSSR count). The summed E-state index contributed by atoms with van der Waals surface area (Å²) in [6, 6.07) is 21.9. The van der Waals surface area contributed by atoms with Gasteiger partial charge in [-0.1, -0.05) is 35.9 Å². The highest BCUT2D eigenvalue weighted by atomic mass is 35.5. The van der Waals surface area contributed by atoms with Crippen molar-refractivity contribution in [3.8, 4) is 11.5 Å². The molecule has 2 heterocycles. The van der Waals surface area contributed by atoms with Crippen LogP contribution in [0, 0.1) is 0 Å². The molecular formula is C24H21ClN2O3. The van der Waals surface area contributed by atoms with E-state index in [4.69, 9.17) is 20.9 Å². The van der Waals surface area contributed by atoms with Crippen molar-refractivity contribution in [3.05, 3.63) is 93.2 Å². The molecule has 152 valence electrons. The zero-order chi connectivity index (χ0) is 20.5. The molecule has 30 heavy (non-hydrogen) atoms. The number of aromatic nitrogens is 1. The molecule has 1 aliphatic rings. The van der Waals surface area contributed by atoms with Crippen molar-refractivity contribution in [2.75, 3.05) is 6.54 Å². The number of likely N-dealkylation sites (tertiary alicyclic amines) is 1. The van der Waals surface area contributed by atoms with Gasteiger partial charge in [0.2, 0.25) is 0 Å². The molecule has 3 aromatic carbocycles. The number of ether oxygens (including phenoxy) is 1. The van der Waals surface area contributed by atoms with Crippen molar-refractivity contribution >= 4 is 22.6 Å². The third-order valence-corrected chi connectivity index (χ3v) is 5.87. The van der Waals surface area contributed by atoms with Crippen LogP contribution in [0.2, 0.25) is 5.02 Å². The van der Waals surface area contributed by atoms with E-state index in [1.165, 1.54) is 24.0 Å². The van der Waals surface area contributed by atoms with Crippen LogP contribution in [0.15, 0.2) is 76.0 Å². The number of nitrogens with one attached hydrogen (secondary N) is 1. The fourth-order valence-corrected chi connectivity index (χ4v) is 4.23. The van der Waals surface area contributed by atoms with Crippen molar-refractivity contribution in [2.24, 2.45) is 0 Å². The molecule has 1 fully saturated rings. The topological polar surface area (TPSA) is 58.5 Å². The molecule has 0 radical (unpaired) electrons. The maximum absolute atomic E-state index is 11.6. The summed E-state index contributed by atoms with van der Waals surface area (Å²) in [6.07, 6.45) is 2.37. The van der Waals surface area contributed by atoms with Crippen LogP contribution >= 0.6 is 11.6 Å². The summed E-state index contributed by atoms with van der Waals surface area (Å²) >= 11 is 6.04. The SMILES string of the molecule is O=c1[nH]oc2cc(Oc3ccc(CN4CCCC4c4ccc(Cl)cc4)cc3)ccc12. The van der Waals surface area contributed by atoms with Gasteiger partial charge in [-0.25, -0.2) is 0 Å². The number of H-pyrrole nitrogens is 1. The molecule has 1 saturated heterocycles. The molecule has 6 heteroatoms. The number of nitrogens with zero attached hydrogens (tertiary/aromatic N) is 1. The Labute approximate surface area is 178 Å². The zero-order valence-electron chi connectivity index (χ0n) is 16.3. The van der Waals surface area contributed by atoms with Crippen molar-refractivity contribution in [3.63, 3.8) is 0 Å². The zero-order valence-corrected chi connectivity index (χ0v) is 17.1. The van der Waals surface area contributed by atoms with Crippen LogP contribution in [0.4, 0.5) is 0 Å². The number of hydrogen-bond donors (Lipinski definition) is 1. The van der Waals surface area contributed by atoms with Crippen LogP contribution in [0.3, 0.4) is 0 Å². The van der Waals surface area contributed by atoms with Gasteiger partial charge in [0.15, 0.2) is 5.58 Å². The molecule has 4 aromatic rings. The van der Waals surface area contributed by atoms with E-state index in [0.717, 1.165) is 23.9 Å². The van der Waals surface area contributed by atoms with Gasteiger partial charge >= 0.3 is 0 Å². The predicted molar refractivity (Wildman–Crippen MR) is 117 cm³/mol. The lowest BCUT2D eigenvalue weighted by atomic mass is 10.0. The Morgan fingerprint density at radius 2 is 1.80 bits per heavy atom. The van der Waals surface area contributed by atoms with E-state index in [2.05, 4.69) is 34.3 Å². The molecule has 1 atom stereocenters. The van der Waals surface area contributed by atoms with Crippen LogP contribution in [0.25, 0.3) is 11.0 Å². The molecule has 1 unspecified atom stereocenters. The van der Waals surface area contributed by atoms with E-state index in [1.54, 1.807) is 18.2 Å². The van der Waals surface area contributed by atoms with Gasteiger partial charge in [-0.05, 0) is 66.9 Å². The summed E-state index contributed by atoms with van der Waals surface area (Å²) in [5.74, 6) is 1.37. The molecule has 1 N–H and O–H groups in total. The maximum Gasteiger partial charge on any atom is 0.287 e. The number of benzene rings is 3. The molecule has 5 nitrogen and oxygen atoms in total. The van der Waals surface area contributed by atoms with Crippen LogP contribution < -0.4 is 10.3 Å². The Morgan fingerprint density at radius 1 is 1.03 bits per heavy atom. The van der Waals surface area contributed by atoms with Crippen molar-refractivity contribution in [2.45, 2.75) is 25.4 Å². The summed E-state index contributed by atoms with van der Waals surface area (Å²) in [6.45, 7) is 1.99. The fourth-order valence-electron chi connectivity index (χ4n) is 4.11. The van der Waals surface area contributed by atoms with Gasteiger partial charge in [0.05, 0.1) is 5.39 Å². The number of fused-ring (bicyclic) bond motifs is 1. The van der Waals surface area contributed by atoms with Crippen molar-refractivity contribution < 1.29 is 9.26 Å². The third-order valence-electron chi connectivity index (χ3n) is 5.61. The third kappa shape index (κ3) is 3.86.